The summed E-state index contributed by atoms with van der Waals surface area (Å²) < 4.78 is 10.8. The number of rotatable bonds is 1. The zero-order valence-electron chi connectivity index (χ0n) is 11.7. The summed E-state index contributed by atoms with van der Waals surface area (Å²) in [4.78, 5) is 39.6. The highest BCUT2D eigenvalue weighted by Crippen LogP contribution is 2.50. The van der Waals surface area contributed by atoms with E-state index in [9.17, 15) is 14.4 Å². The molecule has 0 aromatic carbocycles. The van der Waals surface area contributed by atoms with E-state index in [1.165, 1.54) is 0 Å². The van der Waals surface area contributed by atoms with E-state index in [2.05, 4.69) is 0 Å². The first-order valence-corrected chi connectivity index (χ1v) is 7.61. The lowest BCUT2D eigenvalue weighted by Gasteiger charge is -2.40. The topological polar surface area (TPSA) is 76.2 Å². The highest BCUT2D eigenvalue weighted by molar-refractivity contribution is 5.97. The Kier molecular flexibility index (Phi) is 2.76. The third-order valence-electron chi connectivity index (χ3n) is 5.08. The third-order valence-corrected chi connectivity index (χ3v) is 5.08. The summed E-state index contributed by atoms with van der Waals surface area (Å²) in [6.07, 6.45) is 2.88. The van der Waals surface area contributed by atoms with Gasteiger partial charge in [-0.1, -0.05) is 6.42 Å². The van der Waals surface area contributed by atoms with Gasteiger partial charge in [-0.2, -0.15) is 0 Å². The van der Waals surface area contributed by atoms with Crippen molar-refractivity contribution in [1.82, 2.24) is 9.80 Å². The smallest absolute Gasteiger partial charge is 0.416 e. The van der Waals surface area contributed by atoms with Crippen LogP contribution < -0.4 is 0 Å². The Morgan fingerprint density at radius 3 is 2.81 bits per heavy atom. The van der Waals surface area contributed by atoms with Gasteiger partial charge in [0.2, 0.25) is 5.91 Å². The first-order chi connectivity index (χ1) is 10.1. The van der Waals surface area contributed by atoms with E-state index in [1.807, 2.05) is 0 Å². The van der Waals surface area contributed by atoms with Gasteiger partial charge in [0.15, 0.2) is 5.72 Å². The summed E-state index contributed by atoms with van der Waals surface area (Å²) in [5, 5.41) is 0. The fraction of sp³-hybridized carbons (Fsp3) is 0.786. The van der Waals surface area contributed by atoms with Gasteiger partial charge in [-0.05, 0) is 25.7 Å². The number of nitrogens with zero attached hydrogens (tertiary/aromatic N) is 2. The standard InChI is InChI=1S/C14H18N2O5/c17-11(15-6-7-20-13(15)19)9-8-10-12(18)16-5-3-1-2-4-14(9,16)21-10/h9-10H,1-8H2/t9-,10-,14+/m1/s1. The molecule has 1 spiro atoms. The highest BCUT2D eigenvalue weighted by Gasteiger charge is 2.65. The minimum atomic E-state index is -0.821. The molecule has 4 aliphatic rings. The monoisotopic (exact) mass is 294 g/mol. The number of hydrogen-bond acceptors (Lipinski definition) is 5. The van der Waals surface area contributed by atoms with Gasteiger partial charge in [-0.25, -0.2) is 9.69 Å². The number of carbonyl (C=O) groups excluding carboxylic acids is 3. The molecule has 0 N–H and O–H groups in total. The second-order valence-electron chi connectivity index (χ2n) is 6.14. The maximum absolute atomic E-state index is 12.7. The van der Waals surface area contributed by atoms with Gasteiger partial charge in [-0.3, -0.25) is 9.59 Å². The van der Waals surface area contributed by atoms with Gasteiger partial charge >= 0.3 is 6.09 Å². The Bertz CT molecular complexity index is 521. The van der Waals surface area contributed by atoms with Crippen molar-refractivity contribution in [3.05, 3.63) is 0 Å². The number of carbonyl (C=O) groups is 3. The van der Waals surface area contributed by atoms with E-state index < -0.39 is 23.8 Å². The lowest BCUT2D eigenvalue weighted by Crippen LogP contribution is -2.57. The third kappa shape index (κ3) is 1.67. The average molecular weight is 294 g/mol. The molecule has 4 saturated heterocycles. The summed E-state index contributed by atoms with van der Waals surface area (Å²) in [7, 11) is 0. The van der Waals surface area contributed by atoms with E-state index in [0.29, 0.717) is 25.9 Å². The van der Waals surface area contributed by atoms with Gasteiger partial charge in [0.1, 0.15) is 12.7 Å². The molecule has 0 unspecified atom stereocenters. The number of imide groups is 1. The second kappa shape index (κ2) is 4.43. The molecular weight excluding hydrogens is 276 g/mol. The van der Waals surface area contributed by atoms with Crippen LogP contribution in [0.4, 0.5) is 4.79 Å². The molecule has 0 saturated carbocycles. The van der Waals surface area contributed by atoms with E-state index in [4.69, 9.17) is 9.47 Å². The first-order valence-electron chi connectivity index (χ1n) is 7.61. The van der Waals surface area contributed by atoms with Crippen LogP contribution in [-0.4, -0.2) is 59.2 Å². The lowest BCUT2D eigenvalue weighted by atomic mass is 9.84. The van der Waals surface area contributed by atoms with Crippen molar-refractivity contribution in [3.63, 3.8) is 0 Å². The van der Waals surface area contributed by atoms with Crippen LogP contribution in [0.3, 0.4) is 0 Å². The summed E-state index contributed by atoms with van der Waals surface area (Å²) in [5.74, 6) is -0.687. The van der Waals surface area contributed by atoms with E-state index >= 15 is 0 Å². The number of hydrogen-bond donors (Lipinski definition) is 0. The van der Waals surface area contributed by atoms with Crippen LogP contribution >= 0.6 is 0 Å². The molecule has 21 heavy (non-hydrogen) atoms. The Hall–Kier alpha value is -1.63. The quantitative estimate of drug-likeness (QED) is 0.703. The molecule has 4 fully saturated rings. The molecule has 0 aromatic heterocycles. The van der Waals surface area contributed by atoms with Crippen LogP contribution in [0.5, 0.6) is 0 Å². The average Bonchev–Trinajstić information content (AvgIpc) is 3.06. The van der Waals surface area contributed by atoms with Crippen LogP contribution in [0.15, 0.2) is 0 Å². The zero-order valence-corrected chi connectivity index (χ0v) is 11.7. The Labute approximate surface area is 122 Å². The van der Waals surface area contributed by atoms with Gasteiger partial charge in [0, 0.05) is 6.54 Å². The molecule has 114 valence electrons. The van der Waals surface area contributed by atoms with Crippen molar-refractivity contribution in [2.24, 2.45) is 5.92 Å². The number of piperidine rings is 1. The molecular formula is C14H18N2O5. The van der Waals surface area contributed by atoms with Crippen LogP contribution in [0, 0.1) is 5.92 Å². The SMILES string of the molecule is O=C1OCCN1C(=O)[C@H]1C[C@H]2O[C@@]13CCCCCN3C2=O. The van der Waals surface area contributed by atoms with Crippen molar-refractivity contribution >= 4 is 17.9 Å². The van der Waals surface area contributed by atoms with Crippen molar-refractivity contribution < 1.29 is 23.9 Å². The van der Waals surface area contributed by atoms with E-state index in [0.717, 1.165) is 24.2 Å². The molecule has 4 rings (SSSR count). The van der Waals surface area contributed by atoms with Crippen molar-refractivity contribution in [2.75, 3.05) is 19.7 Å². The van der Waals surface area contributed by atoms with Gasteiger partial charge in [0.05, 0.1) is 12.5 Å². The molecule has 7 nitrogen and oxygen atoms in total. The zero-order chi connectivity index (χ0) is 14.6. The number of amides is 3. The minimum absolute atomic E-state index is 0.00458. The Morgan fingerprint density at radius 2 is 2.05 bits per heavy atom. The van der Waals surface area contributed by atoms with Crippen molar-refractivity contribution in [1.29, 1.82) is 0 Å². The summed E-state index contributed by atoms with van der Waals surface area (Å²) in [6, 6.07) is 0. The van der Waals surface area contributed by atoms with Crippen LogP contribution in [0.1, 0.15) is 32.1 Å². The predicted molar refractivity (Wildman–Crippen MR) is 69.0 cm³/mol. The van der Waals surface area contributed by atoms with Crippen LogP contribution in [0.25, 0.3) is 0 Å². The van der Waals surface area contributed by atoms with E-state index in [-0.39, 0.29) is 18.4 Å². The second-order valence-corrected chi connectivity index (χ2v) is 6.14. The Morgan fingerprint density at radius 1 is 1.19 bits per heavy atom. The van der Waals surface area contributed by atoms with Crippen LogP contribution in [0.2, 0.25) is 0 Å². The minimum Gasteiger partial charge on any atom is -0.447 e. The molecule has 3 atom stereocenters. The molecule has 7 heteroatoms. The van der Waals surface area contributed by atoms with Crippen molar-refractivity contribution in [3.8, 4) is 0 Å². The normalized spacial score (nSPS) is 38.5. The molecule has 3 amide bonds. The van der Waals surface area contributed by atoms with Crippen LogP contribution in [-0.2, 0) is 19.1 Å². The molecule has 0 aromatic rings. The van der Waals surface area contributed by atoms with Gasteiger partial charge in [0.25, 0.3) is 5.91 Å². The maximum atomic E-state index is 12.7. The highest BCUT2D eigenvalue weighted by atomic mass is 16.6. The summed E-state index contributed by atoms with van der Waals surface area (Å²) in [6.45, 7) is 1.18. The molecule has 4 heterocycles. The fourth-order valence-electron chi connectivity index (χ4n) is 4.11. The number of fused-ring (bicyclic) bond motifs is 1. The summed E-state index contributed by atoms with van der Waals surface area (Å²) in [5.41, 5.74) is -0.821. The van der Waals surface area contributed by atoms with Crippen molar-refractivity contribution in [2.45, 2.75) is 43.9 Å². The maximum Gasteiger partial charge on any atom is 0.416 e. The largest absolute Gasteiger partial charge is 0.447 e. The lowest BCUT2D eigenvalue weighted by molar-refractivity contribution is -0.154. The molecule has 2 bridgehead atoms. The molecule has 4 aliphatic heterocycles. The number of cyclic esters (lactones) is 1. The summed E-state index contributed by atoms with van der Waals surface area (Å²) >= 11 is 0. The predicted octanol–water partition coefficient (Wildman–Crippen LogP) is 0.483. The fourth-order valence-corrected chi connectivity index (χ4v) is 4.11. The molecule has 0 radical (unpaired) electrons. The van der Waals surface area contributed by atoms with Gasteiger partial charge < -0.3 is 14.4 Å². The Balaban J connectivity index is 1.66. The number of ether oxygens (including phenoxy) is 2. The van der Waals surface area contributed by atoms with E-state index in [1.54, 1.807) is 4.90 Å². The molecule has 0 aliphatic carbocycles. The van der Waals surface area contributed by atoms with Gasteiger partial charge in [-0.15, -0.1) is 0 Å². The first kappa shape index (κ1) is 13.1.